The van der Waals surface area contributed by atoms with Crippen molar-refractivity contribution in [2.45, 2.75) is 49.8 Å². The summed E-state index contributed by atoms with van der Waals surface area (Å²) in [6, 6.07) is 0.175. The van der Waals surface area contributed by atoms with Gasteiger partial charge in [0.2, 0.25) is 10.0 Å². The number of halogens is 1. The molecule has 16 heavy (non-hydrogen) atoms. The zero-order valence-corrected chi connectivity index (χ0v) is 11.1. The van der Waals surface area contributed by atoms with Crippen LogP contribution in [0, 0.1) is 0 Å². The van der Waals surface area contributed by atoms with E-state index in [9.17, 15) is 8.42 Å². The molecule has 2 N–H and O–H groups in total. The number of rotatable bonds is 4. The van der Waals surface area contributed by atoms with Gasteiger partial charge in [-0.05, 0) is 38.6 Å². The Morgan fingerprint density at radius 1 is 1.19 bits per heavy atom. The Bertz CT molecular complexity index is 315. The summed E-state index contributed by atoms with van der Waals surface area (Å²) in [5.41, 5.74) is 5.54. The van der Waals surface area contributed by atoms with Crippen molar-refractivity contribution in [3.63, 3.8) is 0 Å². The maximum absolute atomic E-state index is 12.1. The predicted molar refractivity (Wildman–Crippen MR) is 67.2 cm³/mol. The van der Waals surface area contributed by atoms with Crippen molar-refractivity contribution in [2.75, 3.05) is 13.1 Å². The first-order chi connectivity index (χ1) is 7.16. The number of sulfonamides is 1. The molecule has 1 aliphatic heterocycles. The highest BCUT2D eigenvalue weighted by atomic mass is 35.5. The van der Waals surface area contributed by atoms with Gasteiger partial charge >= 0.3 is 0 Å². The highest BCUT2D eigenvalue weighted by molar-refractivity contribution is 7.90. The third-order valence-electron chi connectivity index (χ3n) is 3.35. The summed E-state index contributed by atoms with van der Waals surface area (Å²) in [7, 11) is -2.98. The summed E-state index contributed by atoms with van der Waals surface area (Å²) >= 11 is 0. The monoisotopic (exact) mass is 268 g/mol. The van der Waals surface area contributed by atoms with Crippen LogP contribution in [0.15, 0.2) is 0 Å². The average Bonchev–Trinajstić information content (AvgIpc) is 3.02. The van der Waals surface area contributed by atoms with Crippen LogP contribution in [-0.4, -0.2) is 37.1 Å². The molecule has 2 fully saturated rings. The summed E-state index contributed by atoms with van der Waals surface area (Å²) in [6.07, 6.45) is 5.66. The van der Waals surface area contributed by atoms with Crippen LogP contribution in [0.3, 0.4) is 0 Å². The molecule has 1 saturated carbocycles. The molecule has 0 aromatic rings. The second kappa shape index (κ2) is 5.67. The van der Waals surface area contributed by atoms with Crippen LogP contribution in [0.4, 0.5) is 0 Å². The van der Waals surface area contributed by atoms with E-state index >= 15 is 0 Å². The Labute approximate surface area is 104 Å². The van der Waals surface area contributed by atoms with Crippen LogP contribution in [0.2, 0.25) is 0 Å². The third kappa shape index (κ3) is 2.88. The smallest absolute Gasteiger partial charge is 0.217 e. The first-order valence-electron chi connectivity index (χ1n) is 5.87. The molecular formula is C10H21ClN2O2S. The van der Waals surface area contributed by atoms with E-state index in [4.69, 9.17) is 5.73 Å². The largest absolute Gasteiger partial charge is 0.330 e. The second-order valence-electron chi connectivity index (χ2n) is 4.58. The quantitative estimate of drug-likeness (QED) is 0.831. The molecule has 0 aromatic carbocycles. The Hall–Kier alpha value is 0.160. The van der Waals surface area contributed by atoms with E-state index in [1.807, 2.05) is 0 Å². The average molecular weight is 269 g/mol. The van der Waals surface area contributed by atoms with Crippen molar-refractivity contribution in [3.05, 3.63) is 0 Å². The SMILES string of the molecule is Cl.NCCC1CCCCN1S(=O)(=O)C1CC1. The lowest BCUT2D eigenvalue weighted by Gasteiger charge is -2.34. The zero-order chi connectivity index (χ0) is 10.9. The number of nitrogens with two attached hydrogens (primary N) is 1. The fourth-order valence-electron chi connectivity index (χ4n) is 2.35. The molecule has 2 aliphatic rings. The van der Waals surface area contributed by atoms with Crippen molar-refractivity contribution in [3.8, 4) is 0 Å². The molecule has 1 heterocycles. The van der Waals surface area contributed by atoms with E-state index in [2.05, 4.69) is 0 Å². The van der Waals surface area contributed by atoms with E-state index < -0.39 is 10.0 Å². The molecule has 0 aromatic heterocycles. The number of nitrogens with zero attached hydrogens (tertiary/aromatic N) is 1. The molecule has 0 spiro atoms. The number of piperidine rings is 1. The first-order valence-corrected chi connectivity index (χ1v) is 7.37. The lowest BCUT2D eigenvalue weighted by atomic mass is 10.0. The maximum atomic E-state index is 12.1. The minimum atomic E-state index is -2.98. The first kappa shape index (κ1) is 14.2. The summed E-state index contributed by atoms with van der Waals surface area (Å²) in [5.74, 6) is 0. The van der Waals surface area contributed by atoms with Crippen LogP contribution in [-0.2, 0) is 10.0 Å². The van der Waals surface area contributed by atoms with E-state index in [0.29, 0.717) is 13.1 Å². The van der Waals surface area contributed by atoms with Gasteiger partial charge in [0.05, 0.1) is 5.25 Å². The fraction of sp³-hybridized carbons (Fsp3) is 1.00. The Morgan fingerprint density at radius 3 is 2.44 bits per heavy atom. The molecule has 1 atom stereocenters. The Balaban J connectivity index is 0.00000128. The Kier molecular flexibility index (Phi) is 5.04. The van der Waals surface area contributed by atoms with E-state index in [1.54, 1.807) is 4.31 Å². The molecule has 96 valence electrons. The lowest BCUT2D eigenvalue weighted by Crippen LogP contribution is -2.45. The molecule has 1 aliphatic carbocycles. The van der Waals surface area contributed by atoms with Crippen LogP contribution in [0.1, 0.15) is 38.5 Å². The fourth-order valence-corrected chi connectivity index (χ4v) is 4.47. The predicted octanol–water partition coefficient (Wildman–Crippen LogP) is 1.10. The summed E-state index contributed by atoms with van der Waals surface area (Å²) in [5, 5.41) is -0.0733. The van der Waals surface area contributed by atoms with Crippen LogP contribution in [0.25, 0.3) is 0 Å². The van der Waals surface area contributed by atoms with Crippen molar-refractivity contribution < 1.29 is 8.42 Å². The Morgan fingerprint density at radius 2 is 1.88 bits per heavy atom. The standard InChI is InChI=1S/C10H20N2O2S.ClH/c11-7-6-9-3-1-2-8-12(9)15(13,14)10-4-5-10;/h9-10H,1-8,11H2;1H. The number of hydrogen-bond acceptors (Lipinski definition) is 3. The van der Waals surface area contributed by atoms with Crippen LogP contribution in [0.5, 0.6) is 0 Å². The summed E-state index contributed by atoms with van der Waals surface area (Å²) in [4.78, 5) is 0. The minimum absolute atomic E-state index is 0. The van der Waals surface area contributed by atoms with Gasteiger partial charge in [0.15, 0.2) is 0 Å². The lowest BCUT2D eigenvalue weighted by molar-refractivity contribution is 0.243. The molecule has 0 bridgehead atoms. The van der Waals surface area contributed by atoms with Crippen molar-refractivity contribution in [1.29, 1.82) is 0 Å². The van der Waals surface area contributed by atoms with Gasteiger partial charge in [0.25, 0.3) is 0 Å². The van der Waals surface area contributed by atoms with Gasteiger partial charge in [0, 0.05) is 12.6 Å². The van der Waals surface area contributed by atoms with Gasteiger partial charge < -0.3 is 5.73 Å². The molecular weight excluding hydrogens is 248 g/mol. The molecule has 6 heteroatoms. The molecule has 0 radical (unpaired) electrons. The van der Waals surface area contributed by atoms with Crippen LogP contribution < -0.4 is 5.73 Å². The third-order valence-corrected chi connectivity index (χ3v) is 5.79. The van der Waals surface area contributed by atoms with Gasteiger partial charge in [-0.2, -0.15) is 4.31 Å². The highest BCUT2D eigenvalue weighted by Crippen LogP contribution is 2.34. The van der Waals surface area contributed by atoms with Gasteiger partial charge in [-0.3, -0.25) is 0 Å². The van der Waals surface area contributed by atoms with Crippen LogP contribution >= 0.6 is 12.4 Å². The summed E-state index contributed by atoms with van der Waals surface area (Å²) < 4.78 is 26.0. The summed E-state index contributed by atoms with van der Waals surface area (Å²) in [6.45, 7) is 1.30. The van der Waals surface area contributed by atoms with E-state index in [0.717, 1.165) is 38.5 Å². The van der Waals surface area contributed by atoms with Gasteiger partial charge in [0.1, 0.15) is 0 Å². The highest BCUT2D eigenvalue weighted by Gasteiger charge is 2.42. The second-order valence-corrected chi connectivity index (χ2v) is 6.75. The topological polar surface area (TPSA) is 63.4 Å². The molecule has 0 amide bonds. The van der Waals surface area contributed by atoms with Gasteiger partial charge in [-0.1, -0.05) is 6.42 Å². The van der Waals surface area contributed by atoms with Crippen molar-refractivity contribution in [2.24, 2.45) is 5.73 Å². The molecule has 1 unspecified atom stereocenters. The molecule has 2 rings (SSSR count). The van der Waals surface area contributed by atoms with Crippen molar-refractivity contribution >= 4 is 22.4 Å². The maximum Gasteiger partial charge on any atom is 0.217 e. The normalized spacial score (nSPS) is 27.4. The van der Waals surface area contributed by atoms with Crippen molar-refractivity contribution in [1.82, 2.24) is 4.31 Å². The minimum Gasteiger partial charge on any atom is -0.330 e. The molecule has 4 nitrogen and oxygen atoms in total. The van der Waals surface area contributed by atoms with E-state index in [1.165, 1.54) is 0 Å². The number of hydrogen-bond donors (Lipinski definition) is 1. The molecule has 1 saturated heterocycles. The zero-order valence-electron chi connectivity index (χ0n) is 9.47. The van der Waals surface area contributed by atoms with Gasteiger partial charge in [-0.25, -0.2) is 8.42 Å². The van der Waals surface area contributed by atoms with E-state index in [-0.39, 0.29) is 23.7 Å². The van der Waals surface area contributed by atoms with Gasteiger partial charge in [-0.15, -0.1) is 12.4 Å².